The predicted molar refractivity (Wildman–Crippen MR) is 113 cm³/mol. The maximum atomic E-state index is 12.9. The number of hydrogen-bond donors (Lipinski definition) is 1. The molecule has 1 fully saturated rings. The lowest BCUT2D eigenvalue weighted by atomic mass is 9.96. The molecule has 0 radical (unpaired) electrons. The van der Waals surface area contributed by atoms with Crippen molar-refractivity contribution in [2.24, 2.45) is 0 Å². The number of rotatable bonds is 5. The highest BCUT2D eigenvalue weighted by Gasteiger charge is 2.33. The van der Waals surface area contributed by atoms with Crippen LogP contribution in [0.4, 0.5) is 13.2 Å². The summed E-state index contributed by atoms with van der Waals surface area (Å²) in [6.45, 7) is 4.08. The van der Waals surface area contributed by atoms with E-state index in [1.165, 1.54) is 28.6 Å². The molecule has 0 aromatic heterocycles. The van der Waals surface area contributed by atoms with Crippen LogP contribution in [0, 0.1) is 6.92 Å². The van der Waals surface area contributed by atoms with Crippen molar-refractivity contribution in [1.29, 1.82) is 0 Å². The molecule has 0 spiro atoms. The first kappa shape index (κ1) is 24.1. The van der Waals surface area contributed by atoms with Crippen molar-refractivity contribution in [3.8, 4) is 5.75 Å². The van der Waals surface area contributed by atoms with Gasteiger partial charge >= 0.3 is 6.18 Å². The number of halogens is 3. The van der Waals surface area contributed by atoms with Gasteiger partial charge in [-0.2, -0.15) is 17.5 Å². The summed E-state index contributed by atoms with van der Waals surface area (Å²) in [6.07, 6.45) is -4.30. The zero-order valence-corrected chi connectivity index (χ0v) is 18.6. The third-order valence-corrected chi connectivity index (χ3v) is 7.54. The smallest absolute Gasteiger partial charge is 0.416 e. The van der Waals surface area contributed by atoms with E-state index in [2.05, 4.69) is 0 Å². The molecule has 1 unspecified atom stereocenters. The molecule has 6 nitrogen and oxygen atoms in total. The van der Waals surface area contributed by atoms with Gasteiger partial charge in [0.05, 0.1) is 5.56 Å². The molecule has 10 heteroatoms. The van der Waals surface area contributed by atoms with E-state index in [0.717, 1.165) is 12.1 Å². The summed E-state index contributed by atoms with van der Waals surface area (Å²) in [4.78, 5) is 14.1. The number of phenols is 1. The minimum absolute atomic E-state index is 0.0934. The Bertz CT molecular complexity index is 1080. The van der Waals surface area contributed by atoms with Gasteiger partial charge in [-0.25, -0.2) is 8.42 Å². The number of hydrogen-bond acceptors (Lipinski definition) is 4. The highest BCUT2D eigenvalue weighted by atomic mass is 32.2. The Balaban J connectivity index is 1.60. The maximum Gasteiger partial charge on any atom is 0.416 e. The second-order valence-electron chi connectivity index (χ2n) is 7.98. The molecule has 1 saturated heterocycles. The van der Waals surface area contributed by atoms with Gasteiger partial charge in [0.2, 0.25) is 15.9 Å². The number of aryl methyl sites for hydroxylation is 1. The molecular formula is C22H25F3N2O4S. The number of nitrogens with zero attached hydrogens (tertiary/aromatic N) is 2. The van der Waals surface area contributed by atoms with Gasteiger partial charge in [0.25, 0.3) is 0 Å². The van der Waals surface area contributed by atoms with Gasteiger partial charge in [-0.05, 0) is 48.2 Å². The second-order valence-corrected chi connectivity index (χ2v) is 9.89. The molecule has 1 amide bonds. The molecular weight excluding hydrogens is 445 g/mol. The van der Waals surface area contributed by atoms with E-state index < -0.39 is 21.8 Å². The summed E-state index contributed by atoms with van der Waals surface area (Å²) in [7, 11) is -3.89. The lowest BCUT2D eigenvalue weighted by molar-refractivity contribution is -0.137. The van der Waals surface area contributed by atoms with E-state index in [9.17, 15) is 31.5 Å². The molecule has 2 aromatic rings. The van der Waals surface area contributed by atoms with Crippen molar-refractivity contribution in [1.82, 2.24) is 9.21 Å². The standard InChI is InChI=1S/C22H25F3N2O4S/c1-15-3-8-19(28)20(13-15)32(30,31)27-11-9-26(10-12-27)21(29)14-16(2)17-4-6-18(7-5-17)22(23,24)25/h3-8,13,16,28H,9-12,14H2,1-2H3. The average molecular weight is 471 g/mol. The largest absolute Gasteiger partial charge is 0.507 e. The number of phenolic OH excluding ortho intramolecular Hbond substituents is 1. The van der Waals surface area contributed by atoms with Gasteiger partial charge in [0.15, 0.2) is 0 Å². The SMILES string of the molecule is Cc1ccc(O)c(S(=O)(=O)N2CCN(C(=O)CC(C)c3ccc(C(F)(F)F)cc3)CC2)c1. The first-order chi connectivity index (χ1) is 14.9. The number of carbonyl (C=O) groups is 1. The number of alkyl halides is 3. The summed E-state index contributed by atoms with van der Waals surface area (Å²) < 4.78 is 65.2. The topological polar surface area (TPSA) is 77.9 Å². The van der Waals surface area contributed by atoms with Crippen LogP contribution in [0.15, 0.2) is 47.4 Å². The van der Waals surface area contributed by atoms with E-state index in [-0.39, 0.29) is 55.1 Å². The molecule has 1 aliphatic heterocycles. The number of carbonyl (C=O) groups excluding carboxylic acids is 1. The third-order valence-electron chi connectivity index (χ3n) is 5.61. The molecule has 0 saturated carbocycles. The number of benzene rings is 2. The molecule has 1 aliphatic rings. The number of sulfonamides is 1. The van der Waals surface area contributed by atoms with Crippen molar-refractivity contribution >= 4 is 15.9 Å². The van der Waals surface area contributed by atoms with Crippen LogP contribution in [0.2, 0.25) is 0 Å². The van der Waals surface area contributed by atoms with Gasteiger partial charge in [0.1, 0.15) is 10.6 Å². The highest BCUT2D eigenvalue weighted by molar-refractivity contribution is 7.89. The summed E-state index contributed by atoms with van der Waals surface area (Å²) in [5, 5.41) is 9.98. The lowest BCUT2D eigenvalue weighted by Gasteiger charge is -2.34. The van der Waals surface area contributed by atoms with E-state index in [4.69, 9.17) is 0 Å². The maximum absolute atomic E-state index is 12.9. The van der Waals surface area contributed by atoms with E-state index >= 15 is 0 Å². The minimum Gasteiger partial charge on any atom is -0.507 e. The molecule has 3 rings (SSSR count). The number of amides is 1. The van der Waals surface area contributed by atoms with Crippen LogP contribution in [0.1, 0.15) is 36.0 Å². The normalized spacial score (nSPS) is 16.7. The fourth-order valence-electron chi connectivity index (χ4n) is 3.65. The van der Waals surface area contributed by atoms with Crippen LogP contribution in [-0.2, 0) is 21.0 Å². The van der Waals surface area contributed by atoms with Crippen LogP contribution in [-0.4, -0.2) is 54.8 Å². The minimum atomic E-state index is -4.41. The van der Waals surface area contributed by atoms with E-state index in [1.54, 1.807) is 24.8 Å². The van der Waals surface area contributed by atoms with E-state index in [0.29, 0.717) is 11.1 Å². The van der Waals surface area contributed by atoms with Gasteiger partial charge in [0, 0.05) is 32.6 Å². The van der Waals surface area contributed by atoms with Gasteiger partial charge in [-0.3, -0.25) is 4.79 Å². The fraction of sp³-hybridized carbons (Fsp3) is 0.409. The average Bonchev–Trinajstić information content (AvgIpc) is 2.74. The number of aromatic hydroxyl groups is 1. The Morgan fingerprint density at radius 3 is 2.22 bits per heavy atom. The Kier molecular flexibility index (Phi) is 6.85. The summed E-state index contributed by atoms with van der Waals surface area (Å²) in [5.74, 6) is -0.789. The summed E-state index contributed by atoms with van der Waals surface area (Å²) >= 11 is 0. The molecule has 0 aliphatic carbocycles. The zero-order valence-electron chi connectivity index (χ0n) is 17.8. The second kappa shape index (κ2) is 9.11. The van der Waals surface area contributed by atoms with Crippen molar-refractivity contribution in [3.05, 3.63) is 59.2 Å². The predicted octanol–water partition coefficient (Wildman–Crippen LogP) is 3.75. The molecule has 1 heterocycles. The molecule has 1 atom stereocenters. The summed E-state index contributed by atoms with van der Waals surface area (Å²) in [6, 6.07) is 9.11. The fourth-order valence-corrected chi connectivity index (χ4v) is 5.24. The lowest BCUT2D eigenvalue weighted by Crippen LogP contribution is -2.50. The monoisotopic (exact) mass is 470 g/mol. The molecule has 174 valence electrons. The Labute approximate surface area is 185 Å². The van der Waals surface area contributed by atoms with Crippen molar-refractivity contribution in [2.75, 3.05) is 26.2 Å². The highest BCUT2D eigenvalue weighted by Crippen LogP contribution is 2.31. The molecule has 2 aromatic carbocycles. The first-order valence-electron chi connectivity index (χ1n) is 10.1. The quantitative estimate of drug-likeness (QED) is 0.722. The third kappa shape index (κ3) is 5.24. The Morgan fingerprint density at radius 1 is 1.06 bits per heavy atom. The molecule has 1 N–H and O–H groups in total. The molecule has 32 heavy (non-hydrogen) atoms. The Hall–Kier alpha value is -2.59. The number of piperazine rings is 1. The molecule has 0 bridgehead atoms. The van der Waals surface area contributed by atoms with Crippen LogP contribution in [0.5, 0.6) is 5.75 Å². The van der Waals surface area contributed by atoms with E-state index in [1.807, 2.05) is 0 Å². The van der Waals surface area contributed by atoms with Gasteiger partial charge < -0.3 is 10.0 Å². The van der Waals surface area contributed by atoms with Gasteiger partial charge in [-0.15, -0.1) is 0 Å². The zero-order chi connectivity index (χ0) is 23.7. The Morgan fingerprint density at radius 2 is 1.66 bits per heavy atom. The first-order valence-corrected chi connectivity index (χ1v) is 11.6. The van der Waals surface area contributed by atoms with Crippen molar-refractivity contribution in [2.45, 2.75) is 37.3 Å². The van der Waals surface area contributed by atoms with Crippen LogP contribution >= 0.6 is 0 Å². The van der Waals surface area contributed by atoms with Crippen molar-refractivity contribution in [3.63, 3.8) is 0 Å². The summed E-state index contributed by atoms with van der Waals surface area (Å²) in [5.41, 5.74) is 0.590. The van der Waals surface area contributed by atoms with Crippen LogP contribution in [0.3, 0.4) is 0 Å². The van der Waals surface area contributed by atoms with Crippen molar-refractivity contribution < 1.29 is 31.5 Å². The van der Waals surface area contributed by atoms with Gasteiger partial charge in [-0.1, -0.05) is 25.1 Å². The van der Waals surface area contributed by atoms with Crippen LogP contribution in [0.25, 0.3) is 0 Å². The van der Waals surface area contributed by atoms with Crippen LogP contribution < -0.4 is 0 Å².